The SMILES string of the molecule is C=CCCC1CCC(c2ccc(CCc3ccc4c(F)c(OCC=CC)ccc4c3)cc2)CC1. The zero-order chi connectivity index (χ0) is 23.8. The topological polar surface area (TPSA) is 9.23 Å². The second kappa shape index (κ2) is 12.0. The number of hydrogen-bond acceptors (Lipinski definition) is 1. The van der Waals surface area contributed by atoms with E-state index in [2.05, 4.69) is 43.0 Å². The zero-order valence-corrected chi connectivity index (χ0v) is 20.4. The molecule has 34 heavy (non-hydrogen) atoms. The van der Waals surface area contributed by atoms with Crippen molar-refractivity contribution >= 4 is 10.8 Å². The third-order valence-electron chi connectivity index (χ3n) is 7.33. The summed E-state index contributed by atoms with van der Waals surface area (Å²) in [6, 6.07) is 19.0. The maximum absolute atomic E-state index is 14.8. The molecule has 3 aromatic rings. The normalized spacial score (nSPS) is 18.4. The number of ether oxygens (including phenoxy) is 1. The van der Waals surface area contributed by atoms with E-state index in [4.69, 9.17) is 4.74 Å². The van der Waals surface area contributed by atoms with Crippen molar-refractivity contribution in [3.05, 3.63) is 102 Å². The van der Waals surface area contributed by atoms with Crippen molar-refractivity contribution in [3.8, 4) is 5.75 Å². The van der Waals surface area contributed by atoms with Crippen molar-refractivity contribution in [3.63, 3.8) is 0 Å². The second-order valence-electron chi connectivity index (χ2n) is 9.64. The molecular formula is C32H37FO. The third-order valence-corrected chi connectivity index (χ3v) is 7.33. The average Bonchev–Trinajstić information content (AvgIpc) is 2.88. The van der Waals surface area contributed by atoms with Gasteiger partial charge in [-0.05, 0) is 98.3 Å². The van der Waals surface area contributed by atoms with Crippen LogP contribution in [0.2, 0.25) is 0 Å². The van der Waals surface area contributed by atoms with Crippen LogP contribution in [0, 0.1) is 11.7 Å². The van der Waals surface area contributed by atoms with Gasteiger partial charge in [-0.15, -0.1) is 6.58 Å². The highest BCUT2D eigenvalue weighted by atomic mass is 19.1. The first-order chi connectivity index (χ1) is 16.7. The summed E-state index contributed by atoms with van der Waals surface area (Å²) in [7, 11) is 0. The van der Waals surface area contributed by atoms with Crippen LogP contribution in [0.4, 0.5) is 4.39 Å². The number of allylic oxidation sites excluding steroid dienone is 2. The summed E-state index contributed by atoms with van der Waals surface area (Å²) in [5, 5.41) is 1.54. The molecule has 1 nitrogen and oxygen atoms in total. The number of rotatable bonds is 10. The van der Waals surface area contributed by atoms with Gasteiger partial charge in [0, 0.05) is 5.39 Å². The van der Waals surface area contributed by atoms with E-state index < -0.39 is 0 Å². The molecule has 0 aliphatic heterocycles. The largest absolute Gasteiger partial charge is 0.486 e. The van der Waals surface area contributed by atoms with Crippen LogP contribution in [0.1, 0.15) is 68.1 Å². The maximum atomic E-state index is 14.8. The molecule has 0 saturated heterocycles. The molecule has 3 aromatic carbocycles. The van der Waals surface area contributed by atoms with E-state index in [0.29, 0.717) is 17.7 Å². The van der Waals surface area contributed by atoms with Gasteiger partial charge in [0.1, 0.15) is 6.61 Å². The molecule has 0 spiro atoms. The minimum absolute atomic E-state index is 0.279. The van der Waals surface area contributed by atoms with Crippen molar-refractivity contribution in [2.24, 2.45) is 5.92 Å². The molecule has 0 atom stereocenters. The summed E-state index contributed by atoms with van der Waals surface area (Å²) in [4.78, 5) is 0. The first-order valence-electron chi connectivity index (χ1n) is 12.8. The van der Waals surface area contributed by atoms with Gasteiger partial charge in [-0.3, -0.25) is 0 Å². The van der Waals surface area contributed by atoms with Gasteiger partial charge in [0.25, 0.3) is 0 Å². The lowest BCUT2D eigenvalue weighted by molar-refractivity contribution is 0.312. The summed E-state index contributed by atoms with van der Waals surface area (Å²) in [5.74, 6) is 1.64. The Labute approximate surface area is 204 Å². The van der Waals surface area contributed by atoms with E-state index in [9.17, 15) is 4.39 Å². The predicted molar refractivity (Wildman–Crippen MR) is 142 cm³/mol. The fourth-order valence-corrected chi connectivity index (χ4v) is 5.21. The van der Waals surface area contributed by atoms with E-state index in [0.717, 1.165) is 36.5 Å². The van der Waals surface area contributed by atoms with Gasteiger partial charge in [0.15, 0.2) is 11.6 Å². The first kappa shape index (κ1) is 24.3. The van der Waals surface area contributed by atoms with E-state index >= 15 is 0 Å². The molecule has 0 unspecified atom stereocenters. The lowest BCUT2D eigenvalue weighted by Crippen LogP contribution is -2.13. The number of benzene rings is 3. The van der Waals surface area contributed by atoms with Crippen molar-refractivity contribution in [1.82, 2.24) is 0 Å². The molecule has 178 valence electrons. The molecule has 1 aliphatic rings. The molecule has 0 radical (unpaired) electrons. The van der Waals surface area contributed by atoms with Gasteiger partial charge < -0.3 is 4.74 Å². The number of fused-ring (bicyclic) bond motifs is 1. The van der Waals surface area contributed by atoms with E-state index in [1.807, 2.05) is 37.3 Å². The molecule has 4 rings (SSSR count). The Morgan fingerprint density at radius 1 is 0.941 bits per heavy atom. The lowest BCUT2D eigenvalue weighted by atomic mass is 9.77. The van der Waals surface area contributed by atoms with Crippen LogP contribution >= 0.6 is 0 Å². The fraction of sp³-hybridized carbons (Fsp3) is 0.375. The first-order valence-corrected chi connectivity index (χ1v) is 12.8. The summed E-state index contributed by atoms with van der Waals surface area (Å²) in [5.41, 5.74) is 4.10. The Hall–Kier alpha value is -2.87. The van der Waals surface area contributed by atoms with Crippen molar-refractivity contribution in [2.75, 3.05) is 6.61 Å². The van der Waals surface area contributed by atoms with Gasteiger partial charge in [0.05, 0.1) is 0 Å². The highest BCUT2D eigenvalue weighted by molar-refractivity contribution is 5.85. The number of aryl methyl sites for hydroxylation is 2. The lowest BCUT2D eigenvalue weighted by Gasteiger charge is -2.28. The van der Waals surface area contributed by atoms with Crippen molar-refractivity contribution in [1.29, 1.82) is 0 Å². The van der Waals surface area contributed by atoms with E-state index in [1.54, 1.807) is 6.07 Å². The monoisotopic (exact) mass is 456 g/mol. The van der Waals surface area contributed by atoms with Crippen LogP contribution in [0.3, 0.4) is 0 Å². The summed E-state index contributed by atoms with van der Waals surface area (Å²) < 4.78 is 20.3. The molecule has 0 bridgehead atoms. The fourth-order valence-electron chi connectivity index (χ4n) is 5.21. The summed E-state index contributed by atoms with van der Waals surface area (Å²) in [6.45, 7) is 6.17. The summed E-state index contributed by atoms with van der Waals surface area (Å²) in [6.07, 6.45) is 15.6. The average molecular weight is 457 g/mol. The third kappa shape index (κ3) is 6.17. The van der Waals surface area contributed by atoms with Crippen LogP contribution in [-0.4, -0.2) is 6.61 Å². The minimum atomic E-state index is -0.279. The standard InChI is InChI=1S/C32H37FO/c1-3-5-7-24-10-15-27(16-11-24)28-17-12-25(13-18-28)8-9-26-14-20-30-29(23-26)19-21-31(32(30)33)34-22-6-4-2/h3-4,6,12-14,17-21,23-24,27H,1,5,7-11,15-16,22H2,2H3. The van der Waals surface area contributed by atoms with Crippen LogP contribution in [0.25, 0.3) is 10.8 Å². The van der Waals surface area contributed by atoms with Crippen LogP contribution in [0.5, 0.6) is 5.75 Å². The maximum Gasteiger partial charge on any atom is 0.172 e. The van der Waals surface area contributed by atoms with Crippen LogP contribution in [0.15, 0.2) is 79.4 Å². The molecule has 0 N–H and O–H groups in total. The van der Waals surface area contributed by atoms with Crippen molar-refractivity contribution < 1.29 is 9.13 Å². The van der Waals surface area contributed by atoms with E-state index in [-0.39, 0.29) is 5.82 Å². The molecule has 2 heteroatoms. The van der Waals surface area contributed by atoms with Gasteiger partial charge in [-0.2, -0.15) is 0 Å². The molecule has 1 saturated carbocycles. The Kier molecular flexibility index (Phi) is 8.57. The minimum Gasteiger partial charge on any atom is -0.486 e. The van der Waals surface area contributed by atoms with Gasteiger partial charge in [0.2, 0.25) is 0 Å². The molecule has 0 heterocycles. The van der Waals surface area contributed by atoms with Gasteiger partial charge >= 0.3 is 0 Å². The molecule has 1 fully saturated rings. The second-order valence-corrected chi connectivity index (χ2v) is 9.64. The highest BCUT2D eigenvalue weighted by Crippen LogP contribution is 2.37. The zero-order valence-electron chi connectivity index (χ0n) is 20.4. The molecule has 0 amide bonds. The number of halogens is 1. The Morgan fingerprint density at radius 2 is 1.68 bits per heavy atom. The Bertz CT molecular complexity index is 1100. The van der Waals surface area contributed by atoms with Gasteiger partial charge in [-0.25, -0.2) is 4.39 Å². The van der Waals surface area contributed by atoms with Crippen LogP contribution in [-0.2, 0) is 12.8 Å². The highest BCUT2D eigenvalue weighted by Gasteiger charge is 2.21. The summed E-state index contributed by atoms with van der Waals surface area (Å²) >= 11 is 0. The van der Waals surface area contributed by atoms with Crippen molar-refractivity contribution in [2.45, 2.75) is 64.2 Å². The Balaban J connectivity index is 1.33. The Morgan fingerprint density at radius 3 is 2.41 bits per heavy atom. The molecule has 0 aromatic heterocycles. The quantitative estimate of drug-likeness (QED) is 0.277. The van der Waals surface area contributed by atoms with E-state index in [1.165, 1.54) is 48.8 Å². The smallest absolute Gasteiger partial charge is 0.172 e. The van der Waals surface area contributed by atoms with Crippen LogP contribution < -0.4 is 4.74 Å². The molecule has 1 aliphatic carbocycles. The van der Waals surface area contributed by atoms with Gasteiger partial charge in [-0.1, -0.05) is 66.8 Å². The predicted octanol–water partition coefficient (Wildman–Crippen LogP) is 8.96. The molecular weight excluding hydrogens is 419 g/mol. The number of hydrogen-bond donors (Lipinski definition) is 0.